The van der Waals surface area contributed by atoms with Crippen LogP contribution >= 0.6 is 0 Å². The Morgan fingerprint density at radius 3 is 2.47 bits per heavy atom. The fraction of sp³-hybridized carbons (Fsp3) is 0.267. The van der Waals surface area contributed by atoms with Gasteiger partial charge in [0.05, 0.1) is 6.10 Å². The van der Waals surface area contributed by atoms with Crippen LogP contribution < -0.4 is 10.6 Å². The van der Waals surface area contributed by atoms with Gasteiger partial charge < -0.3 is 15.7 Å². The first kappa shape index (κ1) is 13.4. The standard InChI is InChI=1S/C15H19N3O/c1-12-6-5-9-15(18-12)17-11-14(19)10-16-13-7-3-2-4-8-13/h2-9,14,16,19H,10-11H2,1H3,(H,17,18). The number of anilines is 2. The lowest BCUT2D eigenvalue weighted by atomic mass is 10.3. The van der Waals surface area contributed by atoms with Crippen LogP contribution in [0.4, 0.5) is 11.5 Å². The summed E-state index contributed by atoms with van der Waals surface area (Å²) in [6.07, 6.45) is -0.470. The number of pyridine rings is 1. The highest BCUT2D eigenvalue weighted by Crippen LogP contribution is 2.06. The van der Waals surface area contributed by atoms with E-state index in [9.17, 15) is 5.11 Å². The SMILES string of the molecule is Cc1cccc(NCC(O)CNc2ccccc2)n1. The summed E-state index contributed by atoms with van der Waals surface area (Å²) in [5, 5.41) is 16.2. The zero-order chi connectivity index (χ0) is 13.5. The van der Waals surface area contributed by atoms with E-state index in [0.29, 0.717) is 13.1 Å². The molecule has 1 unspecified atom stereocenters. The fourth-order valence-electron chi connectivity index (χ4n) is 1.73. The van der Waals surface area contributed by atoms with Crippen LogP contribution in [-0.2, 0) is 0 Å². The van der Waals surface area contributed by atoms with Crippen molar-refractivity contribution in [1.29, 1.82) is 0 Å². The van der Waals surface area contributed by atoms with E-state index >= 15 is 0 Å². The summed E-state index contributed by atoms with van der Waals surface area (Å²) in [5.74, 6) is 0.791. The summed E-state index contributed by atoms with van der Waals surface area (Å²) in [4.78, 5) is 4.32. The van der Waals surface area contributed by atoms with E-state index in [0.717, 1.165) is 17.2 Å². The van der Waals surface area contributed by atoms with Gasteiger partial charge in [0.2, 0.25) is 0 Å². The van der Waals surface area contributed by atoms with Crippen LogP contribution in [0.1, 0.15) is 5.69 Å². The number of benzene rings is 1. The zero-order valence-electron chi connectivity index (χ0n) is 11.0. The van der Waals surface area contributed by atoms with Gasteiger partial charge in [-0.1, -0.05) is 24.3 Å². The molecule has 0 radical (unpaired) electrons. The van der Waals surface area contributed by atoms with Gasteiger partial charge in [0, 0.05) is 24.5 Å². The Labute approximate surface area is 113 Å². The molecular formula is C15H19N3O. The van der Waals surface area contributed by atoms with Gasteiger partial charge in [0.25, 0.3) is 0 Å². The lowest BCUT2D eigenvalue weighted by molar-refractivity contribution is 0.200. The summed E-state index contributed by atoms with van der Waals surface area (Å²) < 4.78 is 0. The van der Waals surface area contributed by atoms with Crippen LogP contribution in [0.15, 0.2) is 48.5 Å². The molecule has 0 aliphatic heterocycles. The number of aromatic nitrogens is 1. The summed E-state index contributed by atoms with van der Waals surface area (Å²) in [6, 6.07) is 15.6. The molecule has 0 bridgehead atoms. The molecule has 0 aliphatic rings. The van der Waals surface area contributed by atoms with E-state index in [1.54, 1.807) is 0 Å². The third kappa shape index (κ3) is 4.60. The summed E-state index contributed by atoms with van der Waals surface area (Å²) in [6.45, 7) is 2.91. The number of hydrogen-bond donors (Lipinski definition) is 3. The van der Waals surface area contributed by atoms with E-state index in [-0.39, 0.29) is 0 Å². The second-order valence-corrected chi connectivity index (χ2v) is 4.45. The van der Waals surface area contributed by atoms with E-state index < -0.39 is 6.10 Å². The average molecular weight is 257 g/mol. The van der Waals surface area contributed by atoms with Crippen molar-refractivity contribution in [3.63, 3.8) is 0 Å². The molecule has 19 heavy (non-hydrogen) atoms. The molecule has 1 aromatic carbocycles. The Morgan fingerprint density at radius 2 is 1.74 bits per heavy atom. The minimum absolute atomic E-state index is 0.469. The van der Waals surface area contributed by atoms with Gasteiger partial charge in [-0.25, -0.2) is 4.98 Å². The molecule has 0 aliphatic carbocycles. The van der Waals surface area contributed by atoms with Gasteiger partial charge in [-0.3, -0.25) is 0 Å². The molecule has 2 rings (SSSR count). The highest BCUT2D eigenvalue weighted by atomic mass is 16.3. The van der Waals surface area contributed by atoms with E-state index in [2.05, 4.69) is 15.6 Å². The monoisotopic (exact) mass is 257 g/mol. The third-order valence-corrected chi connectivity index (χ3v) is 2.72. The van der Waals surface area contributed by atoms with Gasteiger partial charge >= 0.3 is 0 Å². The van der Waals surface area contributed by atoms with Crippen LogP contribution in [0.25, 0.3) is 0 Å². The molecule has 1 atom stereocenters. The van der Waals surface area contributed by atoms with Crippen LogP contribution in [-0.4, -0.2) is 29.3 Å². The topological polar surface area (TPSA) is 57.2 Å². The van der Waals surface area contributed by atoms with Gasteiger partial charge in [-0.2, -0.15) is 0 Å². The molecule has 1 heterocycles. The second kappa shape index (κ2) is 6.75. The number of rotatable bonds is 6. The minimum atomic E-state index is -0.470. The Hall–Kier alpha value is -2.07. The van der Waals surface area contributed by atoms with E-state index in [1.807, 2.05) is 55.5 Å². The first-order valence-corrected chi connectivity index (χ1v) is 6.38. The number of aliphatic hydroxyl groups is 1. The molecule has 2 aromatic rings. The molecular weight excluding hydrogens is 238 g/mol. The fourth-order valence-corrected chi connectivity index (χ4v) is 1.73. The maximum atomic E-state index is 9.89. The molecule has 0 spiro atoms. The summed E-state index contributed by atoms with van der Waals surface area (Å²) in [5.41, 5.74) is 1.97. The van der Waals surface area contributed by atoms with Crippen molar-refractivity contribution in [2.45, 2.75) is 13.0 Å². The molecule has 3 N–H and O–H groups in total. The van der Waals surface area contributed by atoms with Crippen molar-refractivity contribution in [3.05, 3.63) is 54.2 Å². The van der Waals surface area contributed by atoms with Crippen molar-refractivity contribution in [1.82, 2.24) is 4.98 Å². The maximum absolute atomic E-state index is 9.89. The number of nitrogens with zero attached hydrogens (tertiary/aromatic N) is 1. The second-order valence-electron chi connectivity index (χ2n) is 4.45. The lowest BCUT2D eigenvalue weighted by Gasteiger charge is -2.14. The van der Waals surface area contributed by atoms with Crippen LogP contribution in [0.2, 0.25) is 0 Å². The molecule has 0 amide bonds. The Balaban J connectivity index is 1.74. The van der Waals surface area contributed by atoms with Crippen molar-refractivity contribution < 1.29 is 5.11 Å². The Morgan fingerprint density at radius 1 is 1.00 bits per heavy atom. The predicted octanol–water partition coefficient (Wildman–Crippen LogP) is 2.27. The van der Waals surface area contributed by atoms with Crippen LogP contribution in [0.5, 0.6) is 0 Å². The van der Waals surface area contributed by atoms with E-state index in [4.69, 9.17) is 0 Å². The molecule has 100 valence electrons. The number of aryl methyl sites for hydroxylation is 1. The molecule has 4 heteroatoms. The smallest absolute Gasteiger partial charge is 0.126 e. The number of nitrogens with one attached hydrogen (secondary N) is 2. The molecule has 4 nitrogen and oxygen atoms in total. The largest absolute Gasteiger partial charge is 0.389 e. The zero-order valence-corrected chi connectivity index (χ0v) is 11.0. The average Bonchev–Trinajstić information content (AvgIpc) is 2.44. The third-order valence-electron chi connectivity index (χ3n) is 2.72. The van der Waals surface area contributed by atoms with Crippen LogP contribution in [0.3, 0.4) is 0 Å². The highest BCUT2D eigenvalue weighted by Gasteiger charge is 2.04. The Kier molecular flexibility index (Phi) is 4.75. The molecule has 0 saturated heterocycles. The number of para-hydroxylation sites is 1. The van der Waals surface area contributed by atoms with Gasteiger partial charge in [0.15, 0.2) is 0 Å². The van der Waals surface area contributed by atoms with Crippen molar-refractivity contribution >= 4 is 11.5 Å². The first-order chi connectivity index (χ1) is 9.24. The quantitative estimate of drug-likeness (QED) is 0.743. The Bertz CT molecular complexity index is 502. The maximum Gasteiger partial charge on any atom is 0.126 e. The summed E-state index contributed by atoms with van der Waals surface area (Å²) in [7, 11) is 0. The first-order valence-electron chi connectivity index (χ1n) is 6.38. The summed E-state index contributed by atoms with van der Waals surface area (Å²) >= 11 is 0. The molecule has 0 fully saturated rings. The normalized spacial score (nSPS) is 11.9. The highest BCUT2D eigenvalue weighted by molar-refractivity contribution is 5.42. The van der Waals surface area contributed by atoms with E-state index in [1.165, 1.54) is 0 Å². The van der Waals surface area contributed by atoms with Gasteiger partial charge in [0.1, 0.15) is 5.82 Å². The molecule has 0 saturated carbocycles. The molecule has 1 aromatic heterocycles. The minimum Gasteiger partial charge on any atom is -0.389 e. The van der Waals surface area contributed by atoms with Crippen molar-refractivity contribution in [3.8, 4) is 0 Å². The van der Waals surface area contributed by atoms with Crippen molar-refractivity contribution in [2.24, 2.45) is 0 Å². The van der Waals surface area contributed by atoms with Gasteiger partial charge in [-0.15, -0.1) is 0 Å². The lowest BCUT2D eigenvalue weighted by Crippen LogP contribution is -2.27. The number of aliphatic hydroxyl groups excluding tert-OH is 1. The van der Waals surface area contributed by atoms with Crippen LogP contribution in [0, 0.1) is 6.92 Å². The predicted molar refractivity (Wildman–Crippen MR) is 78.4 cm³/mol. The van der Waals surface area contributed by atoms with Crippen molar-refractivity contribution in [2.75, 3.05) is 23.7 Å². The van der Waals surface area contributed by atoms with Gasteiger partial charge in [-0.05, 0) is 31.2 Å². The number of hydrogen-bond acceptors (Lipinski definition) is 4.